The molecule has 7 nitrogen and oxygen atoms in total. The van der Waals surface area contributed by atoms with Crippen LogP contribution >= 0.6 is 0 Å². The van der Waals surface area contributed by atoms with E-state index in [1.165, 1.54) is 0 Å². The molecular formula is C21H27N5O2. The number of carbonyl (C=O) groups excluding carboxylic acids is 1. The first kappa shape index (κ1) is 18.7. The van der Waals surface area contributed by atoms with Crippen molar-refractivity contribution in [2.45, 2.75) is 37.8 Å². The zero-order valence-corrected chi connectivity index (χ0v) is 16.2. The topological polar surface area (TPSA) is 81.6 Å². The number of nitrogens with one attached hydrogen (secondary N) is 1. The van der Waals surface area contributed by atoms with Gasteiger partial charge in [-0.05, 0) is 18.4 Å². The number of hydrogen-bond acceptors (Lipinski definition) is 6. The average molecular weight is 381 g/mol. The number of aliphatic hydroxyl groups is 1. The van der Waals surface area contributed by atoms with Gasteiger partial charge in [-0.3, -0.25) is 4.79 Å². The summed E-state index contributed by atoms with van der Waals surface area (Å²) in [4.78, 5) is 25.3. The molecule has 1 saturated carbocycles. The minimum Gasteiger partial charge on any atom is -0.387 e. The Labute approximate surface area is 165 Å². The first-order valence-corrected chi connectivity index (χ1v) is 9.96. The van der Waals surface area contributed by atoms with Gasteiger partial charge in [-0.1, -0.05) is 37.3 Å². The Balaban J connectivity index is 1.40. The quantitative estimate of drug-likeness (QED) is 0.799. The van der Waals surface area contributed by atoms with Crippen LogP contribution in [0.5, 0.6) is 0 Å². The van der Waals surface area contributed by atoms with Gasteiger partial charge in [0.2, 0.25) is 5.91 Å². The Bertz CT molecular complexity index is 825. The largest absolute Gasteiger partial charge is 0.387 e. The average Bonchev–Trinajstić information content (AvgIpc) is 3.51. The lowest BCUT2D eigenvalue weighted by Gasteiger charge is -2.42. The zero-order chi connectivity index (χ0) is 19.6. The number of rotatable bonds is 6. The van der Waals surface area contributed by atoms with Gasteiger partial charge in [0.25, 0.3) is 0 Å². The lowest BCUT2D eigenvalue weighted by Crippen LogP contribution is -2.57. The van der Waals surface area contributed by atoms with E-state index in [1.54, 1.807) is 6.33 Å². The Hall–Kier alpha value is -2.67. The monoisotopic (exact) mass is 381 g/mol. The molecule has 1 atom stereocenters. The fraction of sp³-hybridized carbons (Fsp3) is 0.476. The van der Waals surface area contributed by atoms with Crippen LogP contribution in [-0.2, 0) is 4.79 Å². The van der Waals surface area contributed by atoms with Crippen molar-refractivity contribution in [3.63, 3.8) is 0 Å². The molecule has 1 aliphatic carbocycles. The molecule has 1 spiro atoms. The maximum atomic E-state index is 12.2. The summed E-state index contributed by atoms with van der Waals surface area (Å²) in [5.74, 6) is 1.80. The highest BCUT2D eigenvalue weighted by molar-refractivity contribution is 5.77. The molecule has 28 heavy (non-hydrogen) atoms. The van der Waals surface area contributed by atoms with Crippen molar-refractivity contribution in [2.24, 2.45) is 0 Å². The summed E-state index contributed by atoms with van der Waals surface area (Å²) in [5, 5.41) is 13.5. The van der Waals surface area contributed by atoms with Crippen LogP contribution in [-0.4, -0.2) is 57.6 Å². The van der Waals surface area contributed by atoms with Gasteiger partial charge in [-0.2, -0.15) is 0 Å². The molecule has 1 aromatic heterocycles. The molecule has 148 valence electrons. The van der Waals surface area contributed by atoms with Gasteiger partial charge < -0.3 is 20.2 Å². The standard InChI is InChI=1S/C21H27N5O2/c1-2-20(28)26-11-10-25(14-21(26)8-9-21)19-12-18(23-15-24-19)22-13-17(27)16-6-4-3-5-7-16/h3-7,12,15,17,27H,2,8-11,13-14H2,1H3,(H,22,23,24). The van der Waals surface area contributed by atoms with Crippen molar-refractivity contribution in [3.8, 4) is 0 Å². The van der Waals surface area contributed by atoms with E-state index in [2.05, 4.69) is 25.1 Å². The smallest absolute Gasteiger partial charge is 0.222 e. The zero-order valence-electron chi connectivity index (χ0n) is 16.2. The SMILES string of the molecule is CCC(=O)N1CCN(c2cc(NCC(O)c3ccccc3)ncn2)CC12CC2. The van der Waals surface area contributed by atoms with Crippen LogP contribution in [0, 0.1) is 0 Å². The van der Waals surface area contributed by atoms with Crippen LogP contribution in [0.1, 0.15) is 37.9 Å². The van der Waals surface area contributed by atoms with E-state index in [-0.39, 0.29) is 11.4 Å². The fourth-order valence-corrected chi connectivity index (χ4v) is 3.94. The van der Waals surface area contributed by atoms with Gasteiger partial charge in [0.1, 0.15) is 18.0 Å². The molecule has 7 heteroatoms. The van der Waals surface area contributed by atoms with Gasteiger partial charge in [-0.15, -0.1) is 0 Å². The molecule has 2 N–H and O–H groups in total. The second-order valence-corrected chi connectivity index (χ2v) is 7.61. The molecule has 2 fully saturated rings. The predicted molar refractivity (Wildman–Crippen MR) is 108 cm³/mol. The first-order valence-electron chi connectivity index (χ1n) is 9.96. The summed E-state index contributed by atoms with van der Waals surface area (Å²) in [6.45, 7) is 4.64. The summed E-state index contributed by atoms with van der Waals surface area (Å²) in [6, 6.07) is 11.5. The van der Waals surface area contributed by atoms with Gasteiger partial charge in [0.05, 0.1) is 11.6 Å². The molecule has 1 unspecified atom stereocenters. The van der Waals surface area contributed by atoms with Crippen LogP contribution in [0.15, 0.2) is 42.7 Å². The van der Waals surface area contributed by atoms with E-state index in [1.807, 2.05) is 43.3 Å². The van der Waals surface area contributed by atoms with Crippen molar-refractivity contribution in [1.82, 2.24) is 14.9 Å². The van der Waals surface area contributed by atoms with Crippen molar-refractivity contribution in [2.75, 3.05) is 36.4 Å². The van der Waals surface area contributed by atoms with Crippen molar-refractivity contribution in [1.29, 1.82) is 0 Å². The second kappa shape index (κ2) is 7.75. The number of amides is 1. The summed E-state index contributed by atoms with van der Waals surface area (Å²) in [6.07, 6.45) is 3.64. The van der Waals surface area contributed by atoms with Crippen molar-refractivity contribution < 1.29 is 9.90 Å². The first-order chi connectivity index (χ1) is 13.6. The summed E-state index contributed by atoms with van der Waals surface area (Å²) >= 11 is 0. The minimum absolute atomic E-state index is 0.00656. The summed E-state index contributed by atoms with van der Waals surface area (Å²) < 4.78 is 0. The van der Waals surface area contributed by atoms with E-state index >= 15 is 0 Å². The highest BCUT2D eigenvalue weighted by Crippen LogP contribution is 2.45. The molecule has 0 bridgehead atoms. The number of aliphatic hydroxyl groups excluding tert-OH is 1. The molecule has 2 aliphatic rings. The molecular weight excluding hydrogens is 354 g/mol. The van der Waals surface area contributed by atoms with Crippen LogP contribution in [0.3, 0.4) is 0 Å². The number of aromatic nitrogens is 2. The molecule has 4 rings (SSSR count). The molecule has 1 amide bonds. The third-order valence-corrected chi connectivity index (χ3v) is 5.72. The van der Waals surface area contributed by atoms with Gasteiger partial charge in [0, 0.05) is 38.7 Å². The predicted octanol–water partition coefficient (Wildman–Crippen LogP) is 2.21. The van der Waals surface area contributed by atoms with E-state index < -0.39 is 6.10 Å². The number of nitrogens with zero attached hydrogens (tertiary/aromatic N) is 4. The van der Waals surface area contributed by atoms with Crippen LogP contribution in [0.4, 0.5) is 11.6 Å². The highest BCUT2D eigenvalue weighted by Gasteiger charge is 2.52. The minimum atomic E-state index is -0.599. The van der Waals surface area contributed by atoms with Gasteiger partial charge in [-0.25, -0.2) is 9.97 Å². The maximum Gasteiger partial charge on any atom is 0.222 e. The highest BCUT2D eigenvalue weighted by atomic mass is 16.3. The molecule has 0 radical (unpaired) electrons. The number of benzene rings is 1. The molecule has 2 aromatic rings. The third kappa shape index (κ3) is 3.80. The van der Waals surface area contributed by atoms with E-state index in [0.29, 0.717) is 18.8 Å². The van der Waals surface area contributed by atoms with E-state index in [9.17, 15) is 9.90 Å². The number of piperazine rings is 1. The summed E-state index contributed by atoms with van der Waals surface area (Å²) in [7, 11) is 0. The normalized spacial score (nSPS) is 18.8. The number of hydrogen-bond donors (Lipinski definition) is 2. The molecule has 2 heterocycles. The maximum absolute atomic E-state index is 12.2. The Kier molecular flexibility index (Phi) is 5.17. The number of anilines is 2. The van der Waals surface area contributed by atoms with E-state index in [4.69, 9.17) is 0 Å². The lowest BCUT2D eigenvalue weighted by atomic mass is 10.1. The van der Waals surface area contributed by atoms with Crippen molar-refractivity contribution >= 4 is 17.5 Å². The van der Waals surface area contributed by atoms with Crippen molar-refractivity contribution in [3.05, 3.63) is 48.3 Å². The molecule has 1 aromatic carbocycles. The summed E-state index contributed by atoms with van der Waals surface area (Å²) in [5.41, 5.74) is 0.865. The Morgan fingerprint density at radius 3 is 2.75 bits per heavy atom. The van der Waals surface area contributed by atoms with Crippen LogP contribution in [0.25, 0.3) is 0 Å². The van der Waals surface area contributed by atoms with E-state index in [0.717, 1.165) is 43.9 Å². The molecule has 1 aliphatic heterocycles. The van der Waals surface area contributed by atoms with Crippen LogP contribution < -0.4 is 10.2 Å². The second-order valence-electron chi connectivity index (χ2n) is 7.61. The number of carbonyl (C=O) groups is 1. The lowest BCUT2D eigenvalue weighted by molar-refractivity contribution is -0.134. The van der Waals surface area contributed by atoms with Crippen LogP contribution in [0.2, 0.25) is 0 Å². The fourth-order valence-electron chi connectivity index (χ4n) is 3.94. The Morgan fingerprint density at radius 2 is 2.04 bits per heavy atom. The van der Waals surface area contributed by atoms with Gasteiger partial charge in [0.15, 0.2) is 0 Å². The third-order valence-electron chi connectivity index (χ3n) is 5.72. The molecule has 1 saturated heterocycles. The Morgan fingerprint density at radius 1 is 1.25 bits per heavy atom. The van der Waals surface area contributed by atoms with Gasteiger partial charge >= 0.3 is 0 Å².